The molecule has 4 aromatic rings. The number of anilines is 2. The van der Waals surface area contributed by atoms with E-state index in [-0.39, 0.29) is 11.4 Å². The van der Waals surface area contributed by atoms with E-state index in [1.807, 2.05) is 6.07 Å². The first kappa shape index (κ1) is 23.6. The highest BCUT2D eigenvalue weighted by Crippen LogP contribution is 2.38. The number of halogens is 3. The third-order valence-corrected chi connectivity index (χ3v) is 6.19. The monoisotopic (exact) mass is 495 g/mol. The van der Waals surface area contributed by atoms with Gasteiger partial charge in [0, 0.05) is 63.1 Å². The highest BCUT2D eigenvalue weighted by Gasteiger charge is 2.36. The van der Waals surface area contributed by atoms with Crippen LogP contribution in [0.2, 0.25) is 0 Å². The van der Waals surface area contributed by atoms with Crippen molar-refractivity contribution >= 4 is 11.5 Å². The summed E-state index contributed by atoms with van der Waals surface area (Å²) in [5.74, 6) is 0.384. The predicted molar refractivity (Wildman–Crippen MR) is 132 cm³/mol. The van der Waals surface area contributed by atoms with Crippen molar-refractivity contribution < 1.29 is 13.2 Å². The quantitative estimate of drug-likeness (QED) is 0.451. The molecule has 1 aliphatic heterocycles. The van der Waals surface area contributed by atoms with Crippen LogP contribution in [0.4, 0.5) is 24.7 Å². The number of hydrogen-bond acceptors (Lipinski definition) is 6. The zero-order chi connectivity index (χ0) is 25.4. The van der Waals surface area contributed by atoms with Crippen LogP contribution in [0.5, 0.6) is 0 Å². The molecule has 186 valence electrons. The van der Waals surface area contributed by atoms with Crippen molar-refractivity contribution in [1.29, 1.82) is 0 Å². The average molecular weight is 496 g/mol. The number of hydrogen-bond donors (Lipinski definition) is 2. The van der Waals surface area contributed by atoms with Gasteiger partial charge in [-0.3, -0.25) is 9.55 Å². The highest BCUT2D eigenvalue weighted by atomic mass is 19.4. The predicted octanol–water partition coefficient (Wildman–Crippen LogP) is 3.31. The summed E-state index contributed by atoms with van der Waals surface area (Å²) in [6.07, 6.45) is 0.177. The molecule has 4 heterocycles. The van der Waals surface area contributed by atoms with Gasteiger partial charge in [0.1, 0.15) is 5.82 Å². The normalized spacial score (nSPS) is 14.3. The van der Waals surface area contributed by atoms with Crippen LogP contribution >= 0.6 is 0 Å². The Hall–Kier alpha value is -4.12. The van der Waals surface area contributed by atoms with Crippen LogP contribution in [0.25, 0.3) is 28.2 Å². The largest absolute Gasteiger partial charge is 0.418 e. The average Bonchev–Trinajstić information content (AvgIpc) is 3.18. The Kier molecular flexibility index (Phi) is 6.00. The molecular formula is C25H24F3N7O. The Balaban J connectivity index is 1.63. The number of nitrogens with zero attached hydrogens (tertiary/aromatic N) is 5. The minimum Gasteiger partial charge on any atom is -0.384 e. The fourth-order valence-corrected chi connectivity index (χ4v) is 4.39. The third-order valence-electron chi connectivity index (χ3n) is 6.19. The van der Waals surface area contributed by atoms with Crippen molar-refractivity contribution in [3.05, 3.63) is 77.1 Å². The lowest BCUT2D eigenvalue weighted by molar-refractivity contribution is -0.137. The van der Waals surface area contributed by atoms with E-state index >= 15 is 0 Å². The number of pyridine rings is 2. The van der Waals surface area contributed by atoms with E-state index in [2.05, 4.69) is 15.3 Å². The third kappa shape index (κ3) is 4.44. The van der Waals surface area contributed by atoms with E-state index in [9.17, 15) is 18.0 Å². The number of benzene rings is 1. The molecule has 0 radical (unpaired) electrons. The van der Waals surface area contributed by atoms with Crippen molar-refractivity contribution in [2.24, 2.45) is 7.05 Å². The van der Waals surface area contributed by atoms with Crippen molar-refractivity contribution in [3.63, 3.8) is 0 Å². The standard InChI is InChI=1S/C25H24F3N7O/c1-33-15-22(20-12-16(6-7-31-20)17-2-5-23(29)32-14-17)35(24(33)36)18-3-4-21(19(13-18)25(26,27)28)34-10-8-30-9-11-34/h2-7,12-15,30H,8-11H2,1H3,(H2,29,32). The number of nitrogens with two attached hydrogens (primary N) is 1. The van der Waals surface area contributed by atoms with Gasteiger partial charge in [0.2, 0.25) is 0 Å². The first-order valence-corrected chi connectivity index (χ1v) is 11.4. The topological polar surface area (TPSA) is 94.0 Å². The number of piperazine rings is 1. The Morgan fingerprint density at radius 3 is 2.47 bits per heavy atom. The Labute approximate surface area is 204 Å². The molecule has 5 rings (SSSR count). The van der Waals surface area contributed by atoms with Gasteiger partial charge >= 0.3 is 11.9 Å². The van der Waals surface area contributed by atoms with Crippen LogP contribution < -0.4 is 21.6 Å². The summed E-state index contributed by atoms with van der Waals surface area (Å²) >= 11 is 0. The summed E-state index contributed by atoms with van der Waals surface area (Å²) in [6, 6.07) is 11.1. The zero-order valence-electron chi connectivity index (χ0n) is 19.5. The van der Waals surface area contributed by atoms with Gasteiger partial charge in [-0.15, -0.1) is 0 Å². The van der Waals surface area contributed by atoms with Crippen molar-refractivity contribution in [2.45, 2.75) is 6.18 Å². The minimum absolute atomic E-state index is 0.106. The van der Waals surface area contributed by atoms with Gasteiger partial charge in [-0.1, -0.05) is 0 Å². The number of nitrogens with one attached hydrogen (secondary N) is 1. The SMILES string of the molecule is Cn1cc(-c2cc(-c3ccc(N)nc3)ccn2)n(-c2ccc(N3CCNCC3)c(C(F)(F)F)c2)c1=O. The summed E-state index contributed by atoms with van der Waals surface area (Å²) in [6.45, 7) is 2.14. The van der Waals surface area contributed by atoms with Gasteiger partial charge in [0.15, 0.2) is 0 Å². The molecule has 8 nitrogen and oxygen atoms in total. The summed E-state index contributed by atoms with van der Waals surface area (Å²) < 4.78 is 45.0. The van der Waals surface area contributed by atoms with Crippen LogP contribution in [0.1, 0.15) is 5.56 Å². The second-order valence-corrected chi connectivity index (χ2v) is 8.58. The highest BCUT2D eigenvalue weighted by molar-refractivity contribution is 5.70. The first-order chi connectivity index (χ1) is 17.2. The molecule has 0 bridgehead atoms. The molecule has 0 atom stereocenters. The molecule has 0 amide bonds. The molecule has 0 unspecified atom stereocenters. The number of aromatic nitrogens is 4. The Morgan fingerprint density at radius 2 is 1.78 bits per heavy atom. The minimum atomic E-state index is -4.59. The molecule has 1 saturated heterocycles. The van der Waals surface area contributed by atoms with Crippen LogP contribution in [0.15, 0.2) is 65.8 Å². The lowest BCUT2D eigenvalue weighted by Gasteiger charge is -2.31. The maximum absolute atomic E-state index is 14.1. The van der Waals surface area contributed by atoms with Gasteiger partial charge in [0.25, 0.3) is 0 Å². The van der Waals surface area contributed by atoms with Crippen LogP contribution in [0.3, 0.4) is 0 Å². The molecule has 0 aliphatic carbocycles. The Morgan fingerprint density at radius 1 is 1.00 bits per heavy atom. The van der Waals surface area contributed by atoms with E-state index in [4.69, 9.17) is 5.73 Å². The van der Waals surface area contributed by atoms with E-state index in [0.29, 0.717) is 43.4 Å². The number of nitrogen functional groups attached to an aromatic ring is 1. The van der Waals surface area contributed by atoms with E-state index < -0.39 is 17.4 Å². The fraction of sp³-hybridized carbons (Fsp3) is 0.240. The molecule has 3 aromatic heterocycles. The second-order valence-electron chi connectivity index (χ2n) is 8.58. The summed E-state index contributed by atoms with van der Waals surface area (Å²) in [4.78, 5) is 23.3. The Bertz CT molecular complexity index is 1450. The number of rotatable bonds is 4. The molecule has 1 fully saturated rings. The summed E-state index contributed by atoms with van der Waals surface area (Å²) in [7, 11) is 1.55. The smallest absolute Gasteiger partial charge is 0.384 e. The summed E-state index contributed by atoms with van der Waals surface area (Å²) in [5.41, 5.74) is 7.01. The lowest BCUT2D eigenvalue weighted by Crippen LogP contribution is -2.44. The van der Waals surface area contributed by atoms with E-state index in [1.54, 1.807) is 54.8 Å². The van der Waals surface area contributed by atoms with Crippen LogP contribution in [-0.2, 0) is 13.2 Å². The zero-order valence-corrected chi connectivity index (χ0v) is 19.5. The number of alkyl halides is 3. The van der Waals surface area contributed by atoms with Gasteiger partial charge in [-0.25, -0.2) is 9.78 Å². The molecular weight excluding hydrogens is 471 g/mol. The maximum atomic E-state index is 14.1. The fourth-order valence-electron chi connectivity index (χ4n) is 4.39. The summed E-state index contributed by atoms with van der Waals surface area (Å²) in [5, 5.41) is 3.15. The van der Waals surface area contributed by atoms with Crippen LogP contribution in [-0.4, -0.2) is 45.3 Å². The van der Waals surface area contributed by atoms with E-state index in [0.717, 1.165) is 17.2 Å². The first-order valence-electron chi connectivity index (χ1n) is 11.4. The molecule has 36 heavy (non-hydrogen) atoms. The molecule has 3 N–H and O–H groups in total. The van der Waals surface area contributed by atoms with Crippen molar-refractivity contribution in [1.82, 2.24) is 24.4 Å². The van der Waals surface area contributed by atoms with Gasteiger partial charge in [-0.2, -0.15) is 13.2 Å². The maximum Gasteiger partial charge on any atom is 0.418 e. The van der Waals surface area contributed by atoms with Gasteiger partial charge in [0.05, 0.1) is 22.6 Å². The van der Waals surface area contributed by atoms with Crippen molar-refractivity contribution in [2.75, 3.05) is 36.8 Å². The molecule has 0 saturated carbocycles. The number of aryl methyl sites for hydroxylation is 1. The molecule has 0 spiro atoms. The van der Waals surface area contributed by atoms with Gasteiger partial charge in [-0.05, 0) is 48.0 Å². The second kappa shape index (κ2) is 9.15. The van der Waals surface area contributed by atoms with E-state index in [1.165, 1.54) is 15.2 Å². The number of imidazole rings is 1. The molecule has 11 heteroatoms. The molecule has 1 aliphatic rings. The molecule has 1 aromatic carbocycles. The lowest BCUT2D eigenvalue weighted by atomic mass is 10.1. The van der Waals surface area contributed by atoms with Crippen molar-refractivity contribution in [3.8, 4) is 28.2 Å². The van der Waals surface area contributed by atoms with Crippen LogP contribution in [0, 0.1) is 0 Å². The van der Waals surface area contributed by atoms with Gasteiger partial charge < -0.3 is 20.5 Å².